The fourth-order valence-electron chi connectivity index (χ4n) is 4.51. The summed E-state index contributed by atoms with van der Waals surface area (Å²) in [5.41, 5.74) is 0.682. The van der Waals surface area contributed by atoms with Gasteiger partial charge in [-0.1, -0.05) is 20.8 Å². The maximum atomic E-state index is 9.38. The Morgan fingerprint density at radius 3 is 2.48 bits per heavy atom. The molecule has 2 rings (SSSR count). The number of hydrogen-bond acceptors (Lipinski definition) is 3. The third-order valence-corrected chi connectivity index (χ3v) is 7.11. The number of aliphatic hydroxyl groups is 1. The van der Waals surface area contributed by atoms with Crippen LogP contribution in [0.4, 0.5) is 0 Å². The highest BCUT2D eigenvalue weighted by atomic mass is 16.5. The highest BCUT2D eigenvalue weighted by Crippen LogP contribution is 2.66. The Hall–Kier alpha value is -0.120. The lowest BCUT2D eigenvalue weighted by atomic mass is 9.70. The highest BCUT2D eigenvalue weighted by molar-refractivity contribution is 5.11. The largest absolute Gasteiger partial charge is 0.394 e. The molecule has 0 heterocycles. The summed E-state index contributed by atoms with van der Waals surface area (Å²) in [5, 5.41) is 12.6. The van der Waals surface area contributed by atoms with Crippen LogP contribution in [0.15, 0.2) is 0 Å². The van der Waals surface area contributed by atoms with E-state index in [9.17, 15) is 5.11 Å². The van der Waals surface area contributed by atoms with E-state index in [0.29, 0.717) is 16.9 Å². The summed E-state index contributed by atoms with van der Waals surface area (Å²) in [6, 6.07) is 0. The first-order valence-corrected chi connectivity index (χ1v) is 8.70. The SMILES string of the molecule is CNC(C)(CO)CCCCOC1CC2CCC1(C)C2(C)C. The van der Waals surface area contributed by atoms with Gasteiger partial charge in [0.15, 0.2) is 0 Å². The summed E-state index contributed by atoms with van der Waals surface area (Å²) in [5.74, 6) is 0.856. The van der Waals surface area contributed by atoms with Gasteiger partial charge in [0.25, 0.3) is 0 Å². The molecule has 2 aliphatic carbocycles. The topological polar surface area (TPSA) is 41.5 Å². The fourth-order valence-corrected chi connectivity index (χ4v) is 4.51. The molecule has 4 atom stereocenters. The molecule has 0 aromatic carbocycles. The molecule has 21 heavy (non-hydrogen) atoms. The summed E-state index contributed by atoms with van der Waals surface area (Å²) >= 11 is 0. The van der Waals surface area contributed by atoms with Gasteiger partial charge in [-0.25, -0.2) is 0 Å². The van der Waals surface area contributed by atoms with Gasteiger partial charge in [0.05, 0.1) is 12.7 Å². The van der Waals surface area contributed by atoms with Crippen molar-refractivity contribution in [2.75, 3.05) is 20.3 Å². The van der Waals surface area contributed by atoms with Gasteiger partial charge in [0.1, 0.15) is 0 Å². The van der Waals surface area contributed by atoms with E-state index in [2.05, 4.69) is 33.0 Å². The van der Waals surface area contributed by atoms with Crippen molar-refractivity contribution in [3.8, 4) is 0 Å². The van der Waals surface area contributed by atoms with Crippen LogP contribution in [-0.2, 0) is 4.74 Å². The average molecular weight is 297 g/mol. The maximum absolute atomic E-state index is 9.38. The number of fused-ring (bicyclic) bond motifs is 2. The second kappa shape index (κ2) is 6.17. The number of rotatable bonds is 8. The molecule has 2 N–H and O–H groups in total. The molecule has 0 saturated heterocycles. The summed E-state index contributed by atoms with van der Waals surface area (Å²) in [4.78, 5) is 0. The minimum atomic E-state index is -0.138. The Morgan fingerprint density at radius 2 is 2.00 bits per heavy atom. The van der Waals surface area contributed by atoms with E-state index in [1.54, 1.807) is 0 Å². The minimum Gasteiger partial charge on any atom is -0.394 e. The number of aliphatic hydroxyl groups excluding tert-OH is 1. The van der Waals surface area contributed by atoms with Gasteiger partial charge in [0.2, 0.25) is 0 Å². The second-order valence-electron chi connectivity index (χ2n) is 8.40. The predicted molar refractivity (Wildman–Crippen MR) is 87.4 cm³/mol. The molecule has 0 aromatic heterocycles. The van der Waals surface area contributed by atoms with E-state index in [-0.39, 0.29) is 12.1 Å². The molecule has 3 nitrogen and oxygen atoms in total. The third kappa shape index (κ3) is 3.02. The van der Waals surface area contributed by atoms with Crippen molar-refractivity contribution in [2.45, 2.75) is 77.9 Å². The molecule has 2 bridgehead atoms. The summed E-state index contributed by atoms with van der Waals surface area (Å²) in [7, 11) is 1.92. The lowest BCUT2D eigenvalue weighted by molar-refractivity contribution is -0.0478. The molecule has 124 valence electrons. The molecular formula is C18H35NO2. The van der Waals surface area contributed by atoms with Crippen LogP contribution in [0.2, 0.25) is 0 Å². The van der Waals surface area contributed by atoms with Crippen molar-refractivity contribution < 1.29 is 9.84 Å². The summed E-state index contributed by atoms with van der Waals surface area (Å²) < 4.78 is 6.27. The fraction of sp³-hybridized carbons (Fsp3) is 1.00. The molecule has 2 saturated carbocycles. The van der Waals surface area contributed by atoms with Crippen LogP contribution >= 0.6 is 0 Å². The first-order chi connectivity index (χ1) is 9.79. The van der Waals surface area contributed by atoms with Crippen molar-refractivity contribution >= 4 is 0 Å². The normalized spacial score (nSPS) is 36.9. The van der Waals surface area contributed by atoms with Crippen LogP contribution < -0.4 is 5.32 Å². The van der Waals surface area contributed by atoms with Gasteiger partial charge in [-0.2, -0.15) is 0 Å². The number of likely N-dealkylation sites (N-methyl/N-ethyl adjacent to an activating group) is 1. The van der Waals surface area contributed by atoms with Crippen LogP contribution in [0.1, 0.15) is 66.2 Å². The number of ether oxygens (including phenoxy) is 1. The molecule has 3 heteroatoms. The van der Waals surface area contributed by atoms with Crippen molar-refractivity contribution in [2.24, 2.45) is 16.7 Å². The van der Waals surface area contributed by atoms with E-state index >= 15 is 0 Å². The molecule has 4 unspecified atom stereocenters. The molecule has 2 aliphatic rings. The van der Waals surface area contributed by atoms with Gasteiger partial charge in [0, 0.05) is 12.1 Å². The van der Waals surface area contributed by atoms with Crippen LogP contribution in [-0.4, -0.2) is 37.0 Å². The van der Waals surface area contributed by atoms with Gasteiger partial charge >= 0.3 is 0 Å². The highest BCUT2D eigenvalue weighted by Gasteiger charge is 2.61. The van der Waals surface area contributed by atoms with Gasteiger partial charge in [-0.05, 0) is 69.2 Å². The van der Waals surface area contributed by atoms with E-state index in [4.69, 9.17) is 4.74 Å². The van der Waals surface area contributed by atoms with Gasteiger partial charge < -0.3 is 15.2 Å². The van der Waals surface area contributed by atoms with Crippen LogP contribution in [0.25, 0.3) is 0 Å². The number of hydrogen-bond donors (Lipinski definition) is 2. The lowest BCUT2D eigenvalue weighted by Gasteiger charge is -2.39. The summed E-state index contributed by atoms with van der Waals surface area (Å²) in [6.07, 6.45) is 7.63. The van der Waals surface area contributed by atoms with Crippen molar-refractivity contribution in [1.82, 2.24) is 5.32 Å². The Kier molecular flexibility index (Phi) is 5.07. The quantitative estimate of drug-likeness (QED) is 0.675. The second-order valence-corrected chi connectivity index (χ2v) is 8.40. The summed E-state index contributed by atoms with van der Waals surface area (Å²) in [6.45, 7) is 10.5. The van der Waals surface area contributed by atoms with Gasteiger partial charge in [-0.3, -0.25) is 0 Å². The first-order valence-electron chi connectivity index (χ1n) is 8.70. The van der Waals surface area contributed by atoms with Crippen molar-refractivity contribution in [3.63, 3.8) is 0 Å². The third-order valence-electron chi connectivity index (χ3n) is 7.11. The van der Waals surface area contributed by atoms with Crippen LogP contribution in [0, 0.1) is 16.7 Å². The molecular weight excluding hydrogens is 262 g/mol. The molecule has 0 amide bonds. The minimum absolute atomic E-state index is 0.138. The average Bonchev–Trinajstić information content (AvgIpc) is 2.79. The van der Waals surface area contributed by atoms with Gasteiger partial charge in [-0.15, -0.1) is 0 Å². The number of nitrogens with one attached hydrogen (secondary N) is 1. The number of unbranched alkanes of at least 4 members (excludes halogenated alkanes) is 1. The first kappa shape index (κ1) is 17.2. The predicted octanol–water partition coefficient (Wildman–Crippen LogP) is 3.36. The van der Waals surface area contributed by atoms with E-state index < -0.39 is 0 Å². The molecule has 0 aliphatic heterocycles. The van der Waals surface area contributed by atoms with E-state index in [0.717, 1.165) is 31.8 Å². The monoisotopic (exact) mass is 297 g/mol. The van der Waals surface area contributed by atoms with Crippen molar-refractivity contribution in [1.29, 1.82) is 0 Å². The molecule has 0 radical (unpaired) electrons. The standard InChI is InChI=1S/C18H35NO2/c1-16(2)14-8-10-18(16,4)15(12-14)21-11-7-6-9-17(3,13-20)19-5/h14-15,19-20H,6-13H2,1-5H3. The smallest absolute Gasteiger partial charge is 0.0636 e. The molecule has 0 aromatic rings. The van der Waals surface area contributed by atoms with E-state index in [1.807, 2.05) is 7.05 Å². The Balaban J connectivity index is 1.71. The molecule has 2 fully saturated rings. The zero-order valence-electron chi connectivity index (χ0n) is 14.7. The molecule has 0 spiro atoms. The Labute approximate surface area is 130 Å². The lowest BCUT2D eigenvalue weighted by Crippen LogP contribution is -2.43. The zero-order chi connectivity index (χ0) is 15.7. The van der Waals surface area contributed by atoms with E-state index in [1.165, 1.54) is 19.3 Å². The zero-order valence-corrected chi connectivity index (χ0v) is 14.7. The Morgan fingerprint density at radius 1 is 1.29 bits per heavy atom. The van der Waals surface area contributed by atoms with Crippen LogP contribution in [0.3, 0.4) is 0 Å². The van der Waals surface area contributed by atoms with Crippen LogP contribution in [0.5, 0.6) is 0 Å². The maximum Gasteiger partial charge on any atom is 0.0636 e. The van der Waals surface area contributed by atoms with Crippen molar-refractivity contribution in [3.05, 3.63) is 0 Å². The Bertz CT molecular complexity index is 351.